The van der Waals surface area contributed by atoms with Crippen LogP contribution in [0.3, 0.4) is 0 Å². The molecule has 5 N–H and O–H groups in total. The summed E-state index contributed by atoms with van der Waals surface area (Å²) >= 11 is 0. The fourth-order valence-corrected chi connectivity index (χ4v) is 5.68. The van der Waals surface area contributed by atoms with Crippen LogP contribution in [-0.4, -0.2) is 60.5 Å². The van der Waals surface area contributed by atoms with E-state index < -0.39 is 11.9 Å². The second-order valence-corrected chi connectivity index (χ2v) is 11.3. The molecule has 0 spiro atoms. The van der Waals surface area contributed by atoms with Gasteiger partial charge in [0.05, 0.1) is 13.7 Å². The molecule has 10 nitrogen and oxygen atoms in total. The van der Waals surface area contributed by atoms with Crippen LogP contribution in [0.1, 0.15) is 41.5 Å². The number of nitrogens with one attached hydrogen (secondary N) is 3. The van der Waals surface area contributed by atoms with Crippen molar-refractivity contribution in [2.75, 3.05) is 33.4 Å². The lowest BCUT2D eigenvalue weighted by Gasteiger charge is -2.15. The maximum absolute atomic E-state index is 10.9. The summed E-state index contributed by atoms with van der Waals surface area (Å²) in [6.07, 6.45) is 4.46. The zero-order chi connectivity index (χ0) is 33.6. The van der Waals surface area contributed by atoms with Crippen molar-refractivity contribution < 1.29 is 29.3 Å². The Kier molecular flexibility index (Phi) is 13.1. The Hall–Kier alpha value is -4.93. The topological polar surface area (TPSA) is 150 Å². The quantitative estimate of drug-likeness (QED) is 0.110. The number of aromatic nitrogens is 1. The van der Waals surface area contributed by atoms with Crippen molar-refractivity contribution >= 4 is 11.9 Å². The number of aryl methyl sites for hydroxylation is 1. The second-order valence-electron chi connectivity index (χ2n) is 11.3. The van der Waals surface area contributed by atoms with Crippen molar-refractivity contribution in [2.24, 2.45) is 0 Å². The number of aromatic amines is 1. The van der Waals surface area contributed by atoms with Crippen LogP contribution in [-0.2, 0) is 29.0 Å². The number of aliphatic carboxylic acids is 2. The van der Waals surface area contributed by atoms with Gasteiger partial charge in [-0.1, -0.05) is 48.5 Å². The van der Waals surface area contributed by atoms with Crippen LogP contribution in [0.2, 0.25) is 0 Å². The molecule has 248 valence electrons. The number of ether oxygens (including phenoxy) is 2. The Morgan fingerprint density at radius 2 is 1.60 bits per heavy atom. The van der Waals surface area contributed by atoms with Crippen LogP contribution in [0.5, 0.6) is 11.6 Å². The highest BCUT2D eigenvalue weighted by molar-refractivity contribution is 5.80. The second kappa shape index (κ2) is 17.7. The fraction of sp³-hybridized carbons (Fsp3) is 0.324. The molecule has 0 unspecified atom stereocenters. The lowest BCUT2D eigenvalue weighted by atomic mass is 9.89. The molecule has 0 bridgehead atoms. The number of rotatable bonds is 15. The first-order chi connectivity index (χ1) is 22.8. The third-order valence-corrected chi connectivity index (χ3v) is 7.99. The van der Waals surface area contributed by atoms with Gasteiger partial charge in [0, 0.05) is 31.1 Å². The number of H-pyrrole nitrogens is 1. The number of hydrogen-bond acceptors (Lipinski definition) is 7. The standard InChI is InChI=1S/C28H31NO3.C9H12N2O4/c1-20-24(8-4-9-25(20)27-11-3-7-21-6-2-10-26(21)27)22-13-15-23(16-14-22)32-19-18-29-17-5-12-28(30)31;1-15-9-6(2-3-7(12)11-9)4-10-5-8(13)14/h3-4,7-9,11,13-16,29H,2,5-6,10,12,17-19H2,1H3,(H,30,31);2-3,10H,4-5H2,1H3,(H,11,12)(H,13,14). The molecule has 1 aliphatic carbocycles. The minimum atomic E-state index is -0.932. The van der Waals surface area contributed by atoms with Crippen LogP contribution in [0, 0.1) is 6.92 Å². The number of methoxy groups -OCH3 is 1. The first-order valence-corrected chi connectivity index (χ1v) is 15.8. The molecule has 1 aromatic heterocycles. The predicted octanol–water partition coefficient (Wildman–Crippen LogP) is 5.21. The van der Waals surface area contributed by atoms with Gasteiger partial charge in [-0.25, -0.2) is 0 Å². The molecule has 10 heteroatoms. The third-order valence-electron chi connectivity index (χ3n) is 7.99. The van der Waals surface area contributed by atoms with E-state index in [1.807, 2.05) is 12.1 Å². The summed E-state index contributed by atoms with van der Waals surface area (Å²) in [4.78, 5) is 34.2. The highest BCUT2D eigenvalue weighted by Crippen LogP contribution is 2.37. The van der Waals surface area contributed by atoms with E-state index in [1.54, 1.807) is 6.07 Å². The minimum Gasteiger partial charge on any atom is -0.492 e. The van der Waals surface area contributed by atoms with Crippen molar-refractivity contribution in [2.45, 2.75) is 45.6 Å². The molecule has 0 amide bonds. The zero-order valence-electron chi connectivity index (χ0n) is 26.9. The van der Waals surface area contributed by atoms with E-state index >= 15 is 0 Å². The summed E-state index contributed by atoms with van der Waals surface area (Å²) in [5.74, 6) is -0.494. The highest BCUT2D eigenvalue weighted by atomic mass is 16.5. The molecule has 0 saturated heterocycles. The first kappa shape index (κ1) is 34.9. The molecule has 0 radical (unpaired) electrons. The summed E-state index contributed by atoms with van der Waals surface area (Å²) < 4.78 is 10.8. The maximum atomic E-state index is 10.9. The number of carboxylic acids is 2. The van der Waals surface area contributed by atoms with E-state index in [-0.39, 0.29) is 18.5 Å². The molecule has 0 fully saturated rings. The summed E-state index contributed by atoms with van der Waals surface area (Å²) in [5, 5.41) is 23.0. The molecule has 0 saturated carbocycles. The van der Waals surface area contributed by atoms with Crippen molar-refractivity contribution in [3.8, 4) is 33.9 Å². The summed E-state index contributed by atoms with van der Waals surface area (Å²) in [6.45, 7) is 4.35. The van der Waals surface area contributed by atoms with Crippen molar-refractivity contribution in [1.29, 1.82) is 0 Å². The van der Waals surface area contributed by atoms with Crippen LogP contribution in [0.15, 0.2) is 77.6 Å². The largest absolute Gasteiger partial charge is 0.492 e. The number of carbonyl (C=O) groups is 2. The van der Waals surface area contributed by atoms with Gasteiger partial charge >= 0.3 is 11.9 Å². The molecule has 0 atom stereocenters. The van der Waals surface area contributed by atoms with Crippen LogP contribution in [0.25, 0.3) is 22.3 Å². The van der Waals surface area contributed by atoms with Gasteiger partial charge < -0.3 is 30.3 Å². The Bertz CT molecular complexity index is 1700. The molecule has 4 aromatic rings. The van der Waals surface area contributed by atoms with E-state index in [1.165, 1.54) is 71.4 Å². The van der Waals surface area contributed by atoms with Gasteiger partial charge in [0.15, 0.2) is 5.88 Å². The average molecular weight is 642 g/mol. The van der Waals surface area contributed by atoms with Gasteiger partial charge in [-0.3, -0.25) is 19.4 Å². The van der Waals surface area contributed by atoms with E-state index in [9.17, 15) is 14.4 Å². The zero-order valence-corrected chi connectivity index (χ0v) is 26.9. The first-order valence-electron chi connectivity index (χ1n) is 15.8. The number of pyridine rings is 1. The van der Waals surface area contributed by atoms with Gasteiger partial charge in [-0.15, -0.1) is 0 Å². The van der Waals surface area contributed by atoms with E-state index in [2.05, 4.69) is 71.1 Å². The van der Waals surface area contributed by atoms with Gasteiger partial charge in [0.2, 0.25) is 0 Å². The lowest BCUT2D eigenvalue weighted by molar-refractivity contribution is -0.137. The van der Waals surface area contributed by atoms with E-state index in [0.29, 0.717) is 44.1 Å². The van der Waals surface area contributed by atoms with Gasteiger partial charge in [-0.05, 0) is 96.3 Å². The monoisotopic (exact) mass is 641 g/mol. The Balaban J connectivity index is 0.000000280. The summed E-state index contributed by atoms with van der Waals surface area (Å²) in [6, 6.07) is 24.6. The lowest BCUT2D eigenvalue weighted by Crippen LogP contribution is -2.22. The van der Waals surface area contributed by atoms with E-state index in [0.717, 1.165) is 5.75 Å². The van der Waals surface area contributed by atoms with Crippen LogP contribution < -0.4 is 25.7 Å². The van der Waals surface area contributed by atoms with Gasteiger partial charge in [0.25, 0.3) is 5.56 Å². The highest BCUT2D eigenvalue weighted by Gasteiger charge is 2.17. The number of hydrogen-bond donors (Lipinski definition) is 5. The predicted molar refractivity (Wildman–Crippen MR) is 182 cm³/mol. The molecule has 47 heavy (non-hydrogen) atoms. The van der Waals surface area contributed by atoms with Crippen molar-refractivity contribution in [3.63, 3.8) is 0 Å². The molecule has 5 rings (SSSR count). The van der Waals surface area contributed by atoms with Gasteiger partial charge in [0.1, 0.15) is 12.4 Å². The average Bonchev–Trinajstić information content (AvgIpc) is 3.55. The molecule has 0 aliphatic heterocycles. The maximum Gasteiger partial charge on any atom is 0.317 e. The van der Waals surface area contributed by atoms with E-state index in [4.69, 9.17) is 19.7 Å². The summed E-state index contributed by atoms with van der Waals surface area (Å²) in [7, 11) is 1.44. The smallest absolute Gasteiger partial charge is 0.317 e. The van der Waals surface area contributed by atoms with Crippen LogP contribution >= 0.6 is 0 Å². The fourth-order valence-electron chi connectivity index (χ4n) is 5.68. The molecular weight excluding hydrogens is 598 g/mol. The normalized spacial score (nSPS) is 11.7. The number of carboxylic acid groups (broad SMARTS) is 2. The van der Waals surface area contributed by atoms with Gasteiger partial charge in [-0.2, -0.15) is 0 Å². The molecule has 3 aromatic carbocycles. The third kappa shape index (κ3) is 10.3. The van der Waals surface area contributed by atoms with Crippen molar-refractivity contribution in [3.05, 3.63) is 105 Å². The Morgan fingerprint density at radius 1 is 0.851 bits per heavy atom. The Labute approximate surface area is 274 Å². The Morgan fingerprint density at radius 3 is 2.34 bits per heavy atom. The summed E-state index contributed by atoms with van der Waals surface area (Å²) in [5.41, 5.74) is 9.95. The minimum absolute atomic E-state index is 0.137. The molecule has 1 aliphatic rings. The van der Waals surface area contributed by atoms with Crippen LogP contribution in [0.4, 0.5) is 0 Å². The number of benzene rings is 3. The molecule has 1 heterocycles. The molecular formula is C37H43N3O7. The van der Waals surface area contributed by atoms with Crippen molar-refractivity contribution in [1.82, 2.24) is 15.6 Å². The SMILES string of the molecule is COc1[nH]c(=O)ccc1CNCC(=O)O.Cc1c(-c2ccc(OCCNCCCC(=O)O)cc2)cccc1-c1cccc2c1CCC2. The number of fused-ring (bicyclic) bond motifs is 1.